The molecule has 0 saturated carbocycles. The molecule has 2 aromatic carbocycles. The summed E-state index contributed by atoms with van der Waals surface area (Å²) in [6.07, 6.45) is 1.71. The largest absolute Gasteiger partial charge is 0.395 e. The van der Waals surface area contributed by atoms with Crippen LogP contribution in [0.2, 0.25) is 5.02 Å². The van der Waals surface area contributed by atoms with Gasteiger partial charge in [0.05, 0.1) is 13.2 Å². The fourth-order valence-electron chi connectivity index (χ4n) is 3.12. The molecule has 0 saturated heterocycles. The number of aliphatic hydroxyl groups is 1. The van der Waals surface area contributed by atoms with Gasteiger partial charge < -0.3 is 5.11 Å². The highest BCUT2D eigenvalue weighted by Crippen LogP contribution is 2.28. The molecule has 2 heterocycles. The van der Waals surface area contributed by atoms with Crippen LogP contribution in [0.4, 0.5) is 0 Å². The number of nitrogens with zero attached hydrogens (tertiary/aromatic N) is 3. The molecule has 5 nitrogen and oxygen atoms in total. The van der Waals surface area contributed by atoms with Crippen molar-refractivity contribution in [3.05, 3.63) is 87.8 Å². The minimum Gasteiger partial charge on any atom is -0.395 e. The summed E-state index contributed by atoms with van der Waals surface area (Å²) in [6.45, 7) is -0.0229. The number of rotatable bonds is 6. The Kier molecular flexibility index (Phi) is 5.94. The van der Waals surface area contributed by atoms with Crippen molar-refractivity contribution < 1.29 is 5.11 Å². The first-order chi connectivity index (χ1) is 14.2. The minimum absolute atomic E-state index is 0.146. The lowest BCUT2D eigenvalue weighted by atomic mass is 10.1. The van der Waals surface area contributed by atoms with Crippen molar-refractivity contribution in [2.45, 2.75) is 17.5 Å². The van der Waals surface area contributed by atoms with E-state index in [0.717, 1.165) is 11.1 Å². The smallest absolute Gasteiger partial charge is 0.260 e. The fraction of sp³-hybridized carbons (Fsp3) is 0.136. The van der Waals surface area contributed by atoms with E-state index in [2.05, 4.69) is 9.97 Å². The molecular formula is C22H18ClN3O2S. The van der Waals surface area contributed by atoms with Crippen molar-refractivity contribution >= 4 is 34.4 Å². The number of hydrogen-bond donors (Lipinski definition) is 1. The van der Waals surface area contributed by atoms with Gasteiger partial charge in [0.15, 0.2) is 5.16 Å². The van der Waals surface area contributed by atoms with Gasteiger partial charge >= 0.3 is 0 Å². The number of fused-ring (bicyclic) bond motifs is 1. The number of thioether (sulfide) groups is 1. The molecule has 0 spiro atoms. The Morgan fingerprint density at radius 1 is 1.03 bits per heavy atom. The van der Waals surface area contributed by atoms with Crippen LogP contribution in [0.3, 0.4) is 0 Å². The van der Waals surface area contributed by atoms with Crippen molar-refractivity contribution in [2.75, 3.05) is 6.61 Å². The van der Waals surface area contributed by atoms with Crippen LogP contribution in [0.15, 0.2) is 76.8 Å². The summed E-state index contributed by atoms with van der Waals surface area (Å²) in [5.41, 5.74) is 2.55. The average Bonchev–Trinajstić information content (AvgIpc) is 2.75. The molecule has 2 aromatic heterocycles. The molecule has 0 bridgehead atoms. The van der Waals surface area contributed by atoms with Gasteiger partial charge in [-0.15, -0.1) is 0 Å². The summed E-state index contributed by atoms with van der Waals surface area (Å²) in [5.74, 6) is 0.730. The molecule has 0 atom stereocenters. The maximum absolute atomic E-state index is 13.1. The van der Waals surface area contributed by atoms with Crippen molar-refractivity contribution in [2.24, 2.45) is 0 Å². The van der Waals surface area contributed by atoms with Gasteiger partial charge in [0, 0.05) is 33.5 Å². The van der Waals surface area contributed by atoms with Gasteiger partial charge in [0.1, 0.15) is 5.65 Å². The summed E-state index contributed by atoms with van der Waals surface area (Å²) in [4.78, 5) is 22.2. The van der Waals surface area contributed by atoms with Gasteiger partial charge in [0.2, 0.25) is 0 Å². The van der Waals surface area contributed by atoms with E-state index in [1.54, 1.807) is 24.4 Å². The zero-order valence-corrected chi connectivity index (χ0v) is 17.0. The van der Waals surface area contributed by atoms with Crippen LogP contribution in [-0.2, 0) is 12.3 Å². The Morgan fingerprint density at radius 3 is 2.55 bits per heavy atom. The second-order valence-electron chi connectivity index (χ2n) is 6.42. The first-order valence-electron chi connectivity index (χ1n) is 9.10. The monoisotopic (exact) mass is 423 g/mol. The third kappa shape index (κ3) is 4.19. The molecule has 146 valence electrons. The molecule has 4 aromatic rings. The Morgan fingerprint density at radius 2 is 1.79 bits per heavy atom. The molecule has 0 aliphatic heterocycles. The second kappa shape index (κ2) is 8.78. The predicted octanol–water partition coefficient (Wildman–Crippen LogP) is 4.40. The van der Waals surface area contributed by atoms with Crippen molar-refractivity contribution in [3.8, 4) is 11.1 Å². The Balaban J connectivity index is 1.78. The number of aromatic nitrogens is 3. The quantitative estimate of drug-likeness (QED) is 0.368. The highest BCUT2D eigenvalue weighted by molar-refractivity contribution is 7.98. The number of hydrogen-bond acceptors (Lipinski definition) is 5. The van der Waals surface area contributed by atoms with Gasteiger partial charge in [-0.3, -0.25) is 9.36 Å². The summed E-state index contributed by atoms with van der Waals surface area (Å²) >= 11 is 7.81. The molecule has 0 fully saturated rings. The maximum atomic E-state index is 13.1. The highest BCUT2D eigenvalue weighted by atomic mass is 35.5. The van der Waals surface area contributed by atoms with E-state index in [1.165, 1.54) is 21.9 Å². The van der Waals surface area contributed by atoms with Gasteiger partial charge in [-0.25, -0.2) is 9.97 Å². The molecule has 1 N–H and O–H groups in total. The Bertz CT molecular complexity index is 1210. The molecule has 0 radical (unpaired) electrons. The molecule has 29 heavy (non-hydrogen) atoms. The fourth-order valence-corrected chi connectivity index (χ4v) is 4.12. The third-order valence-electron chi connectivity index (χ3n) is 4.50. The normalized spacial score (nSPS) is 11.1. The number of benzene rings is 2. The van der Waals surface area contributed by atoms with E-state index in [0.29, 0.717) is 27.0 Å². The Labute approximate surface area is 177 Å². The van der Waals surface area contributed by atoms with Crippen LogP contribution in [-0.4, -0.2) is 26.2 Å². The topological polar surface area (TPSA) is 68.0 Å². The zero-order valence-electron chi connectivity index (χ0n) is 15.5. The van der Waals surface area contributed by atoms with Crippen molar-refractivity contribution in [1.82, 2.24) is 14.5 Å². The highest BCUT2D eigenvalue weighted by Gasteiger charge is 2.15. The van der Waals surface area contributed by atoms with E-state index in [1.807, 2.05) is 42.5 Å². The van der Waals surface area contributed by atoms with Crippen LogP contribution in [0, 0.1) is 0 Å². The van der Waals surface area contributed by atoms with Crippen LogP contribution in [0.5, 0.6) is 0 Å². The first-order valence-corrected chi connectivity index (χ1v) is 10.5. The van der Waals surface area contributed by atoms with Crippen LogP contribution >= 0.6 is 23.4 Å². The van der Waals surface area contributed by atoms with Gasteiger partial charge in [-0.05, 0) is 17.7 Å². The zero-order chi connectivity index (χ0) is 20.2. The summed E-state index contributed by atoms with van der Waals surface area (Å²) in [7, 11) is 0. The van der Waals surface area contributed by atoms with E-state index >= 15 is 0 Å². The summed E-state index contributed by atoms with van der Waals surface area (Å²) < 4.78 is 1.49. The average molecular weight is 424 g/mol. The molecule has 0 aliphatic rings. The Hall–Kier alpha value is -2.67. The predicted molar refractivity (Wildman–Crippen MR) is 117 cm³/mol. The van der Waals surface area contributed by atoms with Gasteiger partial charge in [-0.1, -0.05) is 71.9 Å². The van der Waals surface area contributed by atoms with E-state index in [4.69, 9.17) is 11.6 Å². The summed E-state index contributed by atoms with van der Waals surface area (Å²) in [6, 6.07) is 19.0. The van der Waals surface area contributed by atoms with Gasteiger partial charge in [0.25, 0.3) is 5.56 Å². The molecule has 0 aliphatic carbocycles. The standard InChI is InChI=1S/C22H18ClN3O2S/c23-19-9-5-4-8-17(19)18-12-16-13-24-22(29-14-15-6-2-1-3-7-15)25-20(16)26(10-11-27)21(18)28/h1-9,12-13,27H,10-11,14H2. The molecule has 0 amide bonds. The van der Waals surface area contributed by atoms with Crippen LogP contribution in [0.1, 0.15) is 5.56 Å². The van der Waals surface area contributed by atoms with E-state index in [-0.39, 0.29) is 18.7 Å². The maximum Gasteiger partial charge on any atom is 0.260 e. The molecule has 4 rings (SSSR count). The van der Waals surface area contributed by atoms with Crippen LogP contribution < -0.4 is 5.56 Å². The molecular weight excluding hydrogens is 406 g/mol. The lowest BCUT2D eigenvalue weighted by Crippen LogP contribution is -2.24. The summed E-state index contributed by atoms with van der Waals surface area (Å²) in [5, 5.41) is 11.3. The van der Waals surface area contributed by atoms with Gasteiger partial charge in [-0.2, -0.15) is 0 Å². The SMILES string of the molecule is O=c1c(-c2ccccc2Cl)cc2cnc(SCc3ccccc3)nc2n1CCO. The first kappa shape index (κ1) is 19.6. The molecule has 0 unspecified atom stereocenters. The van der Waals surface area contributed by atoms with Crippen molar-refractivity contribution in [1.29, 1.82) is 0 Å². The third-order valence-corrected chi connectivity index (χ3v) is 5.77. The minimum atomic E-state index is -0.239. The van der Waals surface area contributed by atoms with E-state index in [9.17, 15) is 9.90 Å². The lowest BCUT2D eigenvalue weighted by Gasteiger charge is -2.12. The van der Waals surface area contributed by atoms with Crippen molar-refractivity contribution in [3.63, 3.8) is 0 Å². The number of pyridine rings is 1. The second-order valence-corrected chi connectivity index (χ2v) is 7.77. The molecule has 7 heteroatoms. The lowest BCUT2D eigenvalue weighted by molar-refractivity contribution is 0.276. The number of aliphatic hydroxyl groups excluding tert-OH is 1. The van der Waals surface area contributed by atoms with E-state index < -0.39 is 0 Å². The number of halogens is 1. The van der Waals surface area contributed by atoms with Crippen LogP contribution in [0.25, 0.3) is 22.2 Å².